The average molecular weight is 592 g/mol. The molecule has 1 fully saturated rings. The van der Waals surface area contributed by atoms with Gasteiger partial charge in [0.2, 0.25) is 5.91 Å². The predicted molar refractivity (Wildman–Crippen MR) is 158 cm³/mol. The second-order valence-corrected chi connectivity index (χ2v) is 11.4. The molecular weight excluding hydrogens is 566 g/mol. The van der Waals surface area contributed by atoms with Crippen molar-refractivity contribution in [2.24, 2.45) is 0 Å². The van der Waals surface area contributed by atoms with Gasteiger partial charge in [0.05, 0.1) is 44.8 Å². The number of methoxy groups -OCH3 is 1. The number of amides is 3. The Morgan fingerprint density at radius 2 is 1.80 bits per heavy atom. The minimum atomic E-state index is -0.547. The molecule has 210 valence electrons. The molecule has 0 bridgehead atoms. The lowest BCUT2D eigenvalue weighted by Crippen LogP contribution is -2.29. The number of thioether (sulfide) groups is 1. The van der Waals surface area contributed by atoms with Crippen LogP contribution in [0.4, 0.5) is 17.1 Å². The number of rotatable bonds is 9. The van der Waals surface area contributed by atoms with E-state index in [0.29, 0.717) is 45.5 Å². The first-order valence-corrected chi connectivity index (χ1v) is 14.5. The topological polar surface area (TPSA) is 144 Å². The van der Waals surface area contributed by atoms with Crippen LogP contribution >= 0.6 is 23.1 Å². The zero-order valence-electron chi connectivity index (χ0n) is 21.9. The molecule has 11 nitrogen and oxygen atoms in total. The number of non-ortho nitro benzene ring substituents is 1. The Hall–Kier alpha value is -4.49. The number of carbonyl (C=O) groups excluding carboxylic acids is 3. The number of carbonyl (C=O) groups is 3. The molecule has 2 heterocycles. The third-order valence-corrected chi connectivity index (χ3v) is 8.58. The van der Waals surface area contributed by atoms with E-state index in [9.17, 15) is 24.5 Å². The number of nitrogens with zero attached hydrogens (tertiary/aromatic N) is 3. The normalized spacial score (nSPS) is 12.8. The summed E-state index contributed by atoms with van der Waals surface area (Å²) >= 11 is 2.59. The lowest BCUT2D eigenvalue weighted by Gasteiger charge is -2.17. The molecule has 0 unspecified atom stereocenters. The molecule has 4 aromatic rings. The van der Waals surface area contributed by atoms with Gasteiger partial charge in [-0.2, -0.15) is 0 Å². The van der Waals surface area contributed by atoms with Crippen LogP contribution in [0.15, 0.2) is 65.0 Å². The van der Waals surface area contributed by atoms with Crippen molar-refractivity contribution in [1.82, 2.24) is 9.88 Å². The SMILES string of the molecule is COc1ccc([N+](=O)[O-])cc1NC(=O)CSc1nc2ccc(NC(=O)c3ccccc3C(=O)N3CCCC3)cc2s1. The maximum absolute atomic E-state index is 13.1. The minimum absolute atomic E-state index is 0.0249. The number of hydrogen-bond acceptors (Lipinski definition) is 9. The molecule has 1 saturated heterocycles. The molecule has 2 N–H and O–H groups in total. The number of benzene rings is 3. The summed E-state index contributed by atoms with van der Waals surface area (Å²) in [7, 11) is 1.41. The van der Waals surface area contributed by atoms with Gasteiger partial charge in [0.25, 0.3) is 17.5 Å². The van der Waals surface area contributed by atoms with E-state index in [-0.39, 0.29) is 34.8 Å². The predicted octanol–water partition coefficient (Wildman–Crippen LogP) is 5.43. The fourth-order valence-electron chi connectivity index (χ4n) is 4.42. The van der Waals surface area contributed by atoms with Crippen LogP contribution in [0.2, 0.25) is 0 Å². The number of nitro groups is 1. The van der Waals surface area contributed by atoms with E-state index in [2.05, 4.69) is 15.6 Å². The van der Waals surface area contributed by atoms with Crippen LogP contribution in [0, 0.1) is 10.1 Å². The molecule has 3 amide bonds. The van der Waals surface area contributed by atoms with E-state index in [1.807, 2.05) is 0 Å². The molecule has 1 aliphatic rings. The highest BCUT2D eigenvalue weighted by molar-refractivity contribution is 8.01. The first-order valence-electron chi connectivity index (χ1n) is 12.7. The largest absolute Gasteiger partial charge is 0.495 e. The summed E-state index contributed by atoms with van der Waals surface area (Å²) < 4.78 is 6.65. The summed E-state index contributed by atoms with van der Waals surface area (Å²) in [6, 6.07) is 16.1. The van der Waals surface area contributed by atoms with Gasteiger partial charge in [0.15, 0.2) is 4.34 Å². The van der Waals surface area contributed by atoms with E-state index in [1.165, 1.54) is 48.4 Å². The number of fused-ring (bicyclic) bond motifs is 1. The molecule has 5 rings (SSSR count). The molecule has 0 atom stereocenters. The van der Waals surface area contributed by atoms with Crippen molar-refractivity contribution in [3.05, 3.63) is 81.9 Å². The Bertz CT molecular complexity index is 1650. The zero-order chi connectivity index (χ0) is 28.9. The van der Waals surface area contributed by atoms with Gasteiger partial charge in [-0.15, -0.1) is 11.3 Å². The highest BCUT2D eigenvalue weighted by Gasteiger charge is 2.24. The van der Waals surface area contributed by atoms with Crippen molar-refractivity contribution in [3.63, 3.8) is 0 Å². The number of anilines is 2. The highest BCUT2D eigenvalue weighted by atomic mass is 32.2. The zero-order valence-corrected chi connectivity index (χ0v) is 23.5. The molecule has 41 heavy (non-hydrogen) atoms. The van der Waals surface area contributed by atoms with E-state index >= 15 is 0 Å². The summed E-state index contributed by atoms with van der Waals surface area (Å²) in [4.78, 5) is 55.5. The summed E-state index contributed by atoms with van der Waals surface area (Å²) in [6.45, 7) is 1.39. The van der Waals surface area contributed by atoms with Gasteiger partial charge in [-0.25, -0.2) is 4.98 Å². The van der Waals surface area contributed by atoms with Gasteiger partial charge < -0.3 is 20.3 Å². The van der Waals surface area contributed by atoms with Crippen LogP contribution in [-0.2, 0) is 4.79 Å². The number of nitro benzene ring substituents is 1. The quantitative estimate of drug-likeness (QED) is 0.149. The molecule has 3 aromatic carbocycles. The second-order valence-electron chi connectivity index (χ2n) is 9.14. The first kappa shape index (κ1) is 28.1. The first-order chi connectivity index (χ1) is 19.8. The van der Waals surface area contributed by atoms with Gasteiger partial charge in [0.1, 0.15) is 5.75 Å². The number of aromatic nitrogens is 1. The Kier molecular flexibility index (Phi) is 8.45. The van der Waals surface area contributed by atoms with Gasteiger partial charge in [-0.05, 0) is 49.2 Å². The van der Waals surface area contributed by atoms with Crippen LogP contribution in [0.25, 0.3) is 10.2 Å². The van der Waals surface area contributed by atoms with Crippen LogP contribution in [-0.4, -0.2) is 58.5 Å². The van der Waals surface area contributed by atoms with E-state index in [1.54, 1.807) is 47.4 Å². The molecule has 1 aromatic heterocycles. The number of likely N-dealkylation sites (tertiary alicyclic amines) is 1. The highest BCUT2D eigenvalue weighted by Crippen LogP contribution is 2.33. The molecule has 0 radical (unpaired) electrons. The third-order valence-electron chi connectivity index (χ3n) is 6.42. The Morgan fingerprint density at radius 1 is 1.05 bits per heavy atom. The number of nitrogens with one attached hydrogen (secondary N) is 2. The van der Waals surface area contributed by atoms with Crippen LogP contribution in [0.5, 0.6) is 5.75 Å². The van der Waals surface area contributed by atoms with Crippen LogP contribution < -0.4 is 15.4 Å². The van der Waals surface area contributed by atoms with Crippen LogP contribution in [0.1, 0.15) is 33.6 Å². The maximum Gasteiger partial charge on any atom is 0.271 e. The summed E-state index contributed by atoms with van der Waals surface area (Å²) in [5.74, 6) is -0.549. The van der Waals surface area contributed by atoms with Crippen molar-refractivity contribution in [2.75, 3.05) is 36.6 Å². The van der Waals surface area contributed by atoms with Gasteiger partial charge in [-0.1, -0.05) is 23.9 Å². The molecule has 0 saturated carbocycles. The summed E-state index contributed by atoms with van der Waals surface area (Å²) in [6.07, 6.45) is 1.93. The van der Waals surface area contributed by atoms with Crippen LogP contribution in [0.3, 0.4) is 0 Å². The van der Waals surface area contributed by atoms with E-state index in [4.69, 9.17) is 4.74 Å². The Labute approximate surface area is 243 Å². The smallest absolute Gasteiger partial charge is 0.271 e. The molecular formula is C28H25N5O6S2. The van der Waals surface area contributed by atoms with Crippen molar-refractivity contribution in [1.29, 1.82) is 0 Å². The minimum Gasteiger partial charge on any atom is -0.495 e. The van der Waals surface area contributed by atoms with Crippen molar-refractivity contribution in [3.8, 4) is 5.75 Å². The molecule has 0 spiro atoms. The molecule has 0 aliphatic carbocycles. The molecule has 1 aliphatic heterocycles. The van der Waals surface area contributed by atoms with Crippen molar-refractivity contribution in [2.45, 2.75) is 17.2 Å². The Morgan fingerprint density at radius 3 is 2.54 bits per heavy atom. The number of hydrogen-bond donors (Lipinski definition) is 2. The fourth-order valence-corrected chi connectivity index (χ4v) is 6.33. The lowest BCUT2D eigenvalue weighted by molar-refractivity contribution is -0.384. The Balaban J connectivity index is 1.24. The average Bonchev–Trinajstić information content (AvgIpc) is 3.66. The third kappa shape index (κ3) is 6.47. The van der Waals surface area contributed by atoms with Crippen molar-refractivity contribution >= 4 is 68.1 Å². The maximum atomic E-state index is 13.1. The lowest BCUT2D eigenvalue weighted by atomic mass is 10.1. The second kappa shape index (κ2) is 12.4. The van der Waals surface area contributed by atoms with Gasteiger partial charge in [0, 0.05) is 30.9 Å². The number of thiazole rings is 1. The van der Waals surface area contributed by atoms with Crippen molar-refractivity contribution < 1.29 is 24.0 Å². The standard InChI is InChI=1S/C28H25N5O6S2/c1-39-23-11-9-18(33(37)38)15-22(23)30-25(34)16-40-28-31-21-10-8-17(14-24(21)41-28)29-26(35)19-6-2-3-7-20(19)27(36)32-12-4-5-13-32/h2-3,6-11,14-15H,4-5,12-13,16H2,1H3,(H,29,35)(H,30,34). The monoisotopic (exact) mass is 591 g/mol. The summed E-state index contributed by atoms with van der Waals surface area (Å²) in [5, 5.41) is 16.6. The number of ether oxygens (including phenoxy) is 1. The van der Waals surface area contributed by atoms with E-state index in [0.717, 1.165) is 17.5 Å². The van der Waals surface area contributed by atoms with Gasteiger partial charge in [-0.3, -0.25) is 24.5 Å². The fraction of sp³-hybridized carbons (Fsp3) is 0.214. The van der Waals surface area contributed by atoms with Gasteiger partial charge >= 0.3 is 0 Å². The molecule has 13 heteroatoms. The van der Waals surface area contributed by atoms with E-state index < -0.39 is 4.92 Å². The summed E-state index contributed by atoms with van der Waals surface area (Å²) in [5.41, 5.74) is 2.01.